The Bertz CT molecular complexity index is 733. The van der Waals surface area contributed by atoms with Crippen LogP contribution >= 0.6 is 11.6 Å². The van der Waals surface area contributed by atoms with Gasteiger partial charge in [0.2, 0.25) is 11.9 Å². The van der Waals surface area contributed by atoms with Crippen molar-refractivity contribution in [2.45, 2.75) is 31.1 Å². The Labute approximate surface area is 145 Å². The average molecular weight is 346 g/mol. The first-order chi connectivity index (χ1) is 11.7. The zero-order valence-electron chi connectivity index (χ0n) is 13.3. The van der Waals surface area contributed by atoms with Gasteiger partial charge in [0, 0.05) is 36.3 Å². The van der Waals surface area contributed by atoms with Crippen molar-refractivity contribution >= 4 is 35.0 Å². The summed E-state index contributed by atoms with van der Waals surface area (Å²) in [6.45, 7) is 0.466. The van der Waals surface area contributed by atoms with Gasteiger partial charge in [0.1, 0.15) is 5.82 Å². The predicted octanol–water partition coefficient (Wildman–Crippen LogP) is 3.12. The molecule has 1 aromatic carbocycles. The number of nitrogens with one attached hydrogen (secondary N) is 2. The van der Waals surface area contributed by atoms with E-state index in [2.05, 4.69) is 20.6 Å². The SMILES string of the molecule is NC(=O)CCNc1nc(Nc2cccc(CCl)c2)ncc1C1CC1. The molecular weight excluding hydrogens is 326 g/mol. The standard InChI is InChI=1S/C17H20ClN5O/c18-9-11-2-1-3-13(8-11)22-17-21-10-14(12-4-5-12)16(23-17)20-7-6-15(19)24/h1-3,8,10,12H,4-7,9H2,(H2,19,24)(H2,20,21,22,23). The number of rotatable bonds is 8. The number of halogens is 1. The summed E-state index contributed by atoms with van der Waals surface area (Å²) in [5.74, 6) is 1.91. The highest BCUT2D eigenvalue weighted by molar-refractivity contribution is 6.17. The molecule has 24 heavy (non-hydrogen) atoms. The summed E-state index contributed by atoms with van der Waals surface area (Å²) in [5.41, 5.74) is 8.20. The van der Waals surface area contributed by atoms with Gasteiger partial charge in [0.25, 0.3) is 0 Å². The molecule has 7 heteroatoms. The van der Waals surface area contributed by atoms with Gasteiger partial charge in [0.15, 0.2) is 0 Å². The second-order valence-corrected chi connectivity index (χ2v) is 6.14. The third-order valence-electron chi connectivity index (χ3n) is 3.84. The first kappa shape index (κ1) is 16.5. The Morgan fingerprint density at radius 3 is 2.92 bits per heavy atom. The van der Waals surface area contributed by atoms with Gasteiger partial charge in [-0.25, -0.2) is 4.98 Å². The Hall–Kier alpha value is -2.34. The number of anilines is 3. The molecule has 1 aromatic heterocycles. The van der Waals surface area contributed by atoms with Gasteiger partial charge < -0.3 is 16.4 Å². The molecular formula is C17H20ClN5O. The van der Waals surface area contributed by atoms with Crippen LogP contribution in [0.2, 0.25) is 0 Å². The Morgan fingerprint density at radius 2 is 2.21 bits per heavy atom. The van der Waals surface area contributed by atoms with Gasteiger partial charge in [-0.1, -0.05) is 12.1 Å². The maximum absolute atomic E-state index is 10.9. The highest BCUT2D eigenvalue weighted by Crippen LogP contribution is 2.42. The largest absolute Gasteiger partial charge is 0.370 e. The van der Waals surface area contributed by atoms with Crippen molar-refractivity contribution in [2.75, 3.05) is 17.2 Å². The maximum Gasteiger partial charge on any atom is 0.229 e. The summed E-state index contributed by atoms with van der Waals surface area (Å²) < 4.78 is 0. The number of carbonyl (C=O) groups is 1. The maximum atomic E-state index is 10.9. The van der Waals surface area contributed by atoms with Crippen LogP contribution in [-0.4, -0.2) is 22.4 Å². The first-order valence-corrected chi connectivity index (χ1v) is 8.50. The number of alkyl halides is 1. The molecule has 6 nitrogen and oxygen atoms in total. The molecule has 1 aliphatic rings. The highest BCUT2D eigenvalue weighted by atomic mass is 35.5. The lowest BCUT2D eigenvalue weighted by Gasteiger charge is -2.12. The average Bonchev–Trinajstić information content (AvgIpc) is 3.40. The lowest BCUT2D eigenvalue weighted by molar-refractivity contribution is -0.117. The number of benzene rings is 1. The van der Waals surface area contributed by atoms with Crippen LogP contribution in [0.4, 0.5) is 17.5 Å². The molecule has 3 rings (SSSR count). The molecule has 1 fully saturated rings. The van der Waals surface area contributed by atoms with E-state index in [9.17, 15) is 4.79 Å². The van der Waals surface area contributed by atoms with E-state index >= 15 is 0 Å². The molecule has 1 aliphatic carbocycles. The van der Waals surface area contributed by atoms with Crippen molar-refractivity contribution in [2.24, 2.45) is 5.73 Å². The Kier molecular flexibility index (Phi) is 5.15. The predicted molar refractivity (Wildman–Crippen MR) is 95.6 cm³/mol. The van der Waals surface area contributed by atoms with E-state index < -0.39 is 0 Å². The molecule has 0 saturated heterocycles. The Balaban J connectivity index is 1.76. The molecule has 1 amide bonds. The zero-order valence-corrected chi connectivity index (χ0v) is 14.0. The third-order valence-corrected chi connectivity index (χ3v) is 4.14. The van der Waals surface area contributed by atoms with Crippen molar-refractivity contribution in [3.05, 3.63) is 41.6 Å². The summed E-state index contributed by atoms with van der Waals surface area (Å²) in [4.78, 5) is 19.9. The second-order valence-electron chi connectivity index (χ2n) is 5.87. The quantitative estimate of drug-likeness (QED) is 0.639. The van der Waals surface area contributed by atoms with Crippen molar-refractivity contribution in [1.82, 2.24) is 9.97 Å². The van der Waals surface area contributed by atoms with E-state index in [4.69, 9.17) is 17.3 Å². The summed E-state index contributed by atoms with van der Waals surface area (Å²) in [6.07, 6.45) is 4.43. The van der Waals surface area contributed by atoms with Crippen LogP contribution in [0.3, 0.4) is 0 Å². The lowest BCUT2D eigenvalue weighted by atomic mass is 10.2. The highest BCUT2D eigenvalue weighted by Gasteiger charge is 2.27. The van der Waals surface area contributed by atoms with Crippen LogP contribution in [0.1, 0.15) is 36.3 Å². The zero-order chi connectivity index (χ0) is 16.9. The Morgan fingerprint density at radius 1 is 1.38 bits per heavy atom. The monoisotopic (exact) mass is 345 g/mol. The fourth-order valence-electron chi connectivity index (χ4n) is 2.45. The summed E-state index contributed by atoms with van der Waals surface area (Å²) in [5, 5.41) is 6.39. The van der Waals surface area contributed by atoms with Crippen LogP contribution in [0.25, 0.3) is 0 Å². The van der Waals surface area contributed by atoms with Gasteiger partial charge in [0.05, 0.1) is 0 Å². The normalized spacial score (nSPS) is 13.5. The van der Waals surface area contributed by atoms with Gasteiger partial charge in [-0.05, 0) is 36.5 Å². The van der Waals surface area contributed by atoms with Crippen molar-refractivity contribution in [3.63, 3.8) is 0 Å². The van der Waals surface area contributed by atoms with Crippen LogP contribution in [-0.2, 0) is 10.7 Å². The molecule has 1 saturated carbocycles. The van der Waals surface area contributed by atoms with E-state index in [1.807, 2.05) is 30.5 Å². The number of aromatic nitrogens is 2. The first-order valence-electron chi connectivity index (χ1n) is 7.96. The fourth-order valence-corrected chi connectivity index (χ4v) is 2.62. The molecule has 126 valence electrons. The number of carbonyl (C=O) groups excluding carboxylic acids is 1. The van der Waals surface area contributed by atoms with Crippen LogP contribution in [0.5, 0.6) is 0 Å². The minimum atomic E-state index is -0.333. The van der Waals surface area contributed by atoms with Gasteiger partial charge in [-0.2, -0.15) is 4.98 Å². The minimum absolute atomic E-state index is 0.272. The van der Waals surface area contributed by atoms with Gasteiger partial charge in [-0.3, -0.25) is 4.79 Å². The summed E-state index contributed by atoms with van der Waals surface area (Å²) in [7, 11) is 0. The van der Waals surface area contributed by atoms with Crippen molar-refractivity contribution in [1.29, 1.82) is 0 Å². The number of hydrogen-bond acceptors (Lipinski definition) is 5. The molecule has 0 atom stereocenters. The second kappa shape index (κ2) is 7.49. The molecule has 0 bridgehead atoms. The van der Waals surface area contributed by atoms with E-state index in [-0.39, 0.29) is 12.3 Å². The van der Waals surface area contributed by atoms with E-state index in [1.54, 1.807) is 0 Å². The third kappa shape index (κ3) is 4.35. The smallest absolute Gasteiger partial charge is 0.229 e. The number of amides is 1. The molecule has 0 unspecified atom stereocenters. The van der Waals surface area contributed by atoms with Crippen molar-refractivity contribution < 1.29 is 4.79 Å². The fraction of sp³-hybridized carbons (Fsp3) is 0.353. The minimum Gasteiger partial charge on any atom is -0.370 e. The lowest BCUT2D eigenvalue weighted by Crippen LogP contribution is -2.17. The van der Waals surface area contributed by atoms with Gasteiger partial charge in [-0.15, -0.1) is 11.6 Å². The number of primary amides is 1. The number of nitrogens with two attached hydrogens (primary N) is 1. The molecule has 1 heterocycles. The molecule has 0 radical (unpaired) electrons. The topological polar surface area (TPSA) is 92.9 Å². The van der Waals surface area contributed by atoms with Crippen LogP contribution < -0.4 is 16.4 Å². The summed E-state index contributed by atoms with van der Waals surface area (Å²) >= 11 is 5.87. The molecule has 4 N–H and O–H groups in total. The van der Waals surface area contributed by atoms with Crippen molar-refractivity contribution in [3.8, 4) is 0 Å². The van der Waals surface area contributed by atoms with Crippen LogP contribution in [0, 0.1) is 0 Å². The molecule has 0 aliphatic heterocycles. The van der Waals surface area contributed by atoms with E-state index in [1.165, 1.54) is 0 Å². The number of nitrogens with zero attached hydrogens (tertiary/aromatic N) is 2. The summed E-state index contributed by atoms with van der Waals surface area (Å²) in [6, 6.07) is 7.80. The molecule has 2 aromatic rings. The molecule has 0 spiro atoms. The van der Waals surface area contributed by atoms with Gasteiger partial charge >= 0.3 is 0 Å². The number of hydrogen-bond donors (Lipinski definition) is 3. The van der Waals surface area contributed by atoms with Crippen LogP contribution in [0.15, 0.2) is 30.5 Å². The van der Waals surface area contributed by atoms with E-state index in [0.29, 0.717) is 24.3 Å². The van der Waals surface area contributed by atoms with E-state index in [0.717, 1.165) is 35.5 Å².